The van der Waals surface area contributed by atoms with Crippen LogP contribution in [0.2, 0.25) is 0 Å². The lowest BCUT2D eigenvalue weighted by atomic mass is 10.2. The number of hydrogen-bond donors (Lipinski definition) is 1. The first-order valence-electron chi connectivity index (χ1n) is 7.49. The Morgan fingerprint density at radius 1 is 1.24 bits per heavy atom. The first-order chi connectivity index (χ1) is 9.98. The second-order valence-electron chi connectivity index (χ2n) is 5.54. The second-order valence-corrected chi connectivity index (χ2v) is 7.75. The van der Waals surface area contributed by atoms with E-state index in [0.717, 1.165) is 18.8 Å². The third-order valence-electron chi connectivity index (χ3n) is 4.10. The standard InChI is InChI=1S/C15H25N3O2S/c1-3-15(12-16)21(19,20)18-9-7-17(8-10-18)14-6-4-5-13(2)11-14/h4-6,11,15H,3,7-10,12,16H2,1-2H3. The average Bonchev–Trinajstić information content (AvgIpc) is 2.48. The number of rotatable bonds is 5. The molecule has 0 aliphatic carbocycles. The Labute approximate surface area is 127 Å². The van der Waals surface area contributed by atoms with Gasteiger partial charge in [0.05, 0.1) is 5.25 Å². The van der Waals surface area contributed by atoms with Crippen LogP contribution in [-0.2, 0) is 10.0 Å². The van der Waals surface area contributed by atoms with Gasteiger partial charge in [-0.15, -0.1) is 0 Å². The van der Waals surface area contributed by atoms with Gasteiger partial charge in [0.15, 0.2) is 0 Å². The van der Waals surface area contributed by atoms with Crippen molar-refractivity contribution in [3.8, 4) is 0 Å². The van der Waals surface area contributed by atoms with Crippen molar-refractivity contribution in [2.24, 2.45) is 5.73 Å². The molecule has 1 aliphatic heterocycles. The SMILES string of the molecule is CCC(CN)S(=O)(=O)N1CCN(c2cccc(C)c2)CC1. The van der Waals surface area contributed by atoms with E-state index in [1.807, 2.05) is 13.0 Å². The van der Waals surface area contributed by atoms with Crippen molar-refractivity contribution in [3.63, 3.8) is 0 Å². The van der Waals surface area contributed by atoms with Crippen molar-refractivity contribution in [2.75, 3.05) is 37.6 Å². The molecule has 5 nitrogen and oxygen atoms in total. The van der Waals surface area contributed by atoms with Gasteiger partial charge in [-0.1, -0.05) is 19.1 Å². The van der Waals surface area contributed by atoms with Crippen molar-refractivity contribution < 1.29 is 8.42 Å². The molecule has 0 amide bonds. The molecule has 0 aromatic heterocycles. The van der Waals surface area contributed by atoms with Gasteiger partial charge in [0.1, 0.15) is 0 Å². The van der Waals surface area contributed by atoms with Gasteiger partial charge >= 0.3 is 0 Å². The predicted molar refractivity (Wildman–Crippen MR) is 87.0 cm³/mol. The maximum Gasteiger partial charge on any atom is 0.218 e. The first kappa shape index (κ1) is 16.3. The minimum atomic E-state index is -3.26. The zero-order valence-electron chi connectivity index (χ0n) is 12.8. The molecule has 2 N–H and O–H groups in total. The van der Waals surface area contributed by atoms with E-state index in [1.54, 1.807) is 4.31 Å². The largest absolute Gasteiger partial charge is 0.369 e. The quantitative estimate of drug-likeness (QED) is 0.887. The minimum absolute atomic E-state index is 0.191. The maximum absolute atomic E-state index is 12.5. The third-order valence-corrected chi connectivity index (χ3v) is 6.56. The molecule has 2 rings (SSSR count). The lowest BCUT2D eigenvalue weighted by Gasteiger charge is -2.36. The maximum atomic E-state index is 12.5. The van der Waals surface area contributed by atoms with E-state index in [4.69, 9.17) is 5.73 Å². The van der Waals surface area contributed by atoms with Crippen molar-refractivity contribution >= 4 is 15.7 Å². The fraction of sp³-hybridized carbons (Fsp3) is 0.600. The molecule has 118 valence electrons. The van der Waals surface area contributed by atoms with E-state index in [2.05, 4.69) is 30.0 Å². The second kappa shape index (κ2) is 6.77. The molecule has 1 unspecified atom stereocenters. The van der Waals surface area contributed by atoms with Crippen LogP contribution in [0.3, 0.4) is 0 Å². The summed E-state index contributed by atoms with van der Waals surface area (Å²) in [5, 5.41) is -0.456. The van der Waals surface area contributed by atoms with Crippen LogP contribution in [0.25, 0.3) is 0 Å². The topological polar surface area (TPSA) is 66.6 Å². The monoisotopic (exact) mass is 311 g/mol. The summed E-state index contributed by atoms with van der Waals surface area (Å²) in [4.78, 5) is 2.24. The average molecular weight is 311 g/mol. The number of aryl methyl sites for hydroxylation is 1. The zero-order valence-corrected chi connectivity index (χ0v) is 13.6. The number of hydrogen-bond acceptors (Lipinski definition) is 4. The van der Waals surface area contributed by atoms with E-state index in [1.165, 1.54) is 5.56 Å². The molecule has 1 aromatic rings. The predicted octanol–water partition coefficient (Wildman–Crippen LogP) is 1.18. The Kier molecular flexibility index (Phi) is 5.24. The molecule has 0 radical (unpaired) electrons. The molecule has 0 bridgehead atoms. The van der Waals surface area contributed by atoms with Crippen LogP contribution in [0.15, 0.2) is 24.3 Å². The summed E-state index contributed by atoms with van der Waals surface area (Å²) in [6.45, 7) is 6.65. The molecule has 0 saturated carbocycles. The van der Waals surface area contributed by atoms with Gasteiger partial charge < -0.3 is 10.6 Å². The molecule has 1 heterocycles. The molecule has 21 heavy (non-hydrogen) atoms. The fourth-order valence-corrected chi connectivity index (χ4v) is 4.49. The molecule has 1 aliphatic rings. The highest BCUT2D eigenvalue weighted by atomic mass is 32.2. The van der Waals surface area contributed by atoms with Crippen molar-refractivity contribution in [1.82, 2.24) is 4.31 Å². The van der Waals surface area contributed by atoms with Crippen LogP contribution in [-0.4, -0.2) is 50.7 Å². The summed E-state index contributed by atoms with van der Waals surface area (Å²) in [7, 11) is -3.26. The van der Waals surface area contributed by atoms with Crippen LogP contribution >= 0.6 is 0 Å². The normalized spacial score (nSPS) is 18.7. The van der Waals surface area contributed by atoms with E-state index in [9.17, 15) is 8.42 Å². The molecular formula is C15H25N3O2S. The summed E-state index contributed by atoms with van der Waals surface area (Å²) in [5.74, 6) is 0. The minimum Gasteiger partial charge on any atom is -0.369 e. The Morgan fingerprint density at radius 3 is 2.43 bits per heavy atom. The lowest BCUT2D eigenvalue weighted by molar-refractivity contribution is 0.378. The van der Waals surface area contributed by atoms with Crippen molar-refractivity contribution in [1.29, 1.82) is 0 Å². The smallest absolute Gasteiger partial charge is 0.218 e. The number of nitrogens with zero attached hydrogens (tertiary/aromatic N) is 2. The zero-order chi connectivity index (χ0) is 15.5. The van der Waals surface area contributed by atoms with Crippen LogP contribution in [0, 0.1) is 6.92 Å². The summed E-state index contributed by atoms with van der Waals surface area (Å²) in [6, 6.07) is 8.32. The van der Waals surface area contributed by atoms with Crippen LogP contribution < -0.4 is 10.6 Å². The van der Waals surface area contributed by atoms with Crippen molar-refractivity contribution in [3.05, 3.63) is 29.8 Å². The first-order valence-corrected chi connectivity index (χ1v) is 9.00. The molecular weight excluding hydrogens is 286 g/mol. The Bertz CT molecular complexity index is 562. The number of benzene rings is 1. The van der Waals surface area contributed by atoms with Gasteiger partial charge in [-0.2, -0.15) is 4.31 Å². The van der Waals surface area contributed by atoms with Gasteiger partial charge in [0, 0.05) is 38.4 Å². The number of nitrogens with two attached hydrogens (primary N) is 1. The van der Waals surface area contributed by atoms with Gasteiger partial charge in [0.25, 0.3) is 0 Å². The number of anilines is 1. The van der Waals surface area contributed by atoms with Gasteiger partial charge in [0.2, 0.25) is 10.0 Å². The molecule has 6 heteroatoms. The van der Waals surface area contributed by atoms with E-state index >= 15 is 0 Å². The Balaban J connectivity index is 2.03. The van der Waals surface area contributed by atoms with Gasteiger partial charge in [-0.05, 0) is 31.0 Å². The highest BCUT2D eigenvalue weighted by Gasteiger charge is 2.32. The summed E-state index contributed by atoms with van der Waals surface area (Å²) in [5.41, 5.74) is 7.98. The molecule has 0 spiro atoms. The highest BCUT2D eigenvalue weighted by Crippen LogP contribution is 2.20. The molecule has 1 atom stereocenters. The lowest BCUT2D eigenvalue weighted by Crippen LogP contribution is -2.52. The highest BCUT2D eigenvalue weighted by molar-refractivity contribution is 7.89. The number of sulfonamides is 1. The van der Waals surface area contributed by atoms with Crippen LogP contribution in [0.4, 0.5) is 5.69 Å². The number of piperazine rings is 1. The van der Waals surface area contributed by atoms with Gasteiger partial charge in [-0.3, -0.25) is 0 Å². The Hall–Kier alpha value is -1.11. The third kappa shape index (κ3) is 3.56. The van der Waals surface area contributed by atoms with Crippen LogP contribution in [0.1, 0.15) is 18.9 Å². The van der Waals surface area contributed by atoms with Gasteiger partial charge in [-0.25, -0.2) is 8.42 Å². The van der Waals surface area contributed by atoms with E-state index < -0.39 is 15.3 Å². The molecule has 1 saturated heterocycles. The molecule has 1 aromatic carbocycles. The van der Waals surface area contributed by atoms with E-state index in [0.29, 0.717) is 19.5 Å². The fourth-order valence-electron chi connectivity index (χ4n) is 2.74. The summed E-state index contributed by atoms with van der Waals surface area (Å²) < 4.78 is 26.5. The van der Waals surface area contributed by atoms with E-state index in [-0.39, 0.29) is 6.54 Å². The molecule has 1 fully saturated rings. The summed E-state index contributed by atoms with van der Waals surface area (Å²) in [6.07, 6.45) is 0.566. The summed E-state index contributed by atoms with van der Waals surface area (Å²) >= 11 is 0. The van der Waals surface area contributed by atoms with Crippen molar-refractivity contribution in [2.45, 2.75) is 25.5 Å². The Morgan fingerprint density at radius 2 is 1.90 bits per heavy atom. The van der Waals surface area contributed by atoms with Crippen LogP contribution in [0.5, 0.6) is 0 Å².